The molecule has 28 heavy (non-hydrogen) atoms. The normalized spacial score (nSPS) is 29.3. The van der Waals surface area contributed by atoms with Crippen LogP contribution < -0.4 is 0 Å². The summed E-state index contributed by atoms with van der Waals surface area (Å²) in [7, 11) is -3.60. The molecule has 0 N–H and O–H groups in total. The summed E-state index contributed by atoms with van der Waals surface area (Å²) in [5.74, 6) is 1.21. The monoisotopic (exact) mass is 406 g/mol. The van der Waals surface area contributed by atoms with Gasteiger partial charge < -0.3 is 9.64 Å². The van der Waals surface area contributed by atoms with Crippen molar-refractivity contribution in [1.82, 2.24) is 9.21 Å². The molecule has 1 aromatic carbocycles. The molecule has 1 aliphatic carbocycles. The molecular weight excluding hydrogens is 376 g/mol. The Kier molecular flexibility index (Phi) is 5.76. The zero-order valence-corrected chi connectivity index (χ0v) is 17.4. The molecule has 2 heterocycles. The molecule has 154 valence electrons. The van der Waals surface area contributed by atoms with Crippen molar-refractivity contribution in [2.75, 3.05) is 32.8 Å². The SMILES string of the molecule is CC1CCN(C(=O)c2cccc(S(=O)(=O)N3CCOCC3)c2)C2CCCCC12. The Morgan fingerprint density at radius 3 is 2.61 bits per heavy atom. The van der Waals surface area contributed by atoms with E-state index in [-0.39, 0.29) is 10.8 Å². The van der Waals surface area contributed by atoms with E-state index in [2.05, 4.69) is 6.92 Å². The molecule has 4 rings (SSSR count). The van der Waals surface area contributed by atoms with Crippen molar-refractivity contribution in [3.8, 4) is 0 Å². The van der Waals surface area contributed by atoms with Gasteiger partial charge in [0, 0.05) is 31.2 Å². The fourth-order valence-electron chi connectivity index (χ4n) is 5.06. The first-order chi connectivity index (χ1) is 13.5. The van der Waals surface area contributed by atoms with Gasteiger partial charge in [-0.3, -0.25) is 4.79 Å². The fraction of sp³-hybridized carbons (Fsp3) is 0.667. The highest BCUT2D eigenvalue weighted by atomic mass is 32.2. The fourth-order valence-corrected chi connectivity index (χ4v) is 6.51. The standard InChI is InChI=1S/C21H30N2O4S/c1-16-9-10-23(20-8-3-2-7-19(16)20)21(24)17-5-4-6-18(15-17)28(25,26)22-11-13-27-14-12-22/h4-6,15-16,19-20H,2-3,7-14H2,1H3. The second-order valence-corrected chi connectivity index (χ2v) is 10.3. The van der Waals surface area contributed by atoms with E-state index in [0.717, 1.165) is 19.4 Å². The van der Waals surface area contributed by atoms with Gasteiger partial charge in [-0.05, 0) is 49.3 Å². The van der Waals surface area contributed by atoms with Gasteiger partial charge in [-0.15, -0.1) is 0 Å². The van der Waals surface area contributed by atoms with Crippen LogP contribution in [0.1, 0.15) is 49.4 Å². The van der Waals surface area contributed by atoms with Crippen LogP contribution in [0.3, 0.4) is 0 Å². The molecule has 0 spiro atoms. The van der Waals surface area contributed by atoms with E-state index in [0.29, 0.717) is 49.7 Å². The number of fused-ring (bicyclic) bond motifs is 1. The molecule has 0 bridgehead atoms. The van der Waals surface area contributed by atoms with Crippen molar-refractivity contribution >= 4 is 15.9 Å². The minimum Gasteiger partial charge on any atom is -0.379 e. The average molecular weight is 407 g/mol. The highest BCUT2D eigenvalue weighted by molar-refractivity contribution is 7.89. The number of hydrogen-bond acceptors (Lipinski definition) is 4. The van der Waals surface area contributed by atoms with Crippen LogP contribution in [0.15, 0.2) is 29.2 Å². The van der Waals surface area contributed by atoms with E-state index in [1.807, 2.05) is 4.90 Å². The van der Waals surface area contributed by atoms with Gasteiger partial charge in [0.2, 0.25) is 10.0 Å². The summed E-state index contributed by atoms with van der Waals surface area (Å²) in [6.45, 7) is 4.60. The van der Waals surface area contributed by atoms with E-state index in [1.54, 1.807) is 24.3 Å². The molecule has 0 aromatic heterocycles. The molecular formula is C21H30N2O4S. The third-order valence-corrected chi connectivity index (χ3v) is 8.58. The Labute approximate surface area is 167 Å². The van der Waals surface area contributed by atoms with Gasteiger partial charge in [0.1, 0.15) is 0 Å². The molecule has 2 aliphatic heterocycles. The van der Waals surface area contributed by atoms with E-state index in [1.165, 1.54) is 23.6 Å². The molecule has 3 unspecified atom stereocenters. The van der Waals surface area contributed by atoms with Crippen molar-refractivity contribution in [2.45, 2.75) is 50.0 Å². The number of rotatable bonds is 3. The second-order valence-electron chi connectivity index (χ2n) is 8.32. The number of sulfonamides is 1. The van der Waals surface area contributed by atoms with E-state index in [4.69, 9.17) is 4.74 Å². The first-order valence-electron chi connectivity index (χ1n) is 10.5. The first kappa shape index (κ1) is 19.9. The van der Waals surface area contributed by atoms with Crippen LogP contribution in [0.5, 0.6) is 0 Å². The van der Waals surface area contributed by atoms with Crippen molar-refractivity contribution in [3.63, 3.8) is 0 Å². The number of likely N-dealkylation sites (tertiary alicyclic amines) is 1. The van der Waals surface area contributed by atoms with E-state index < -0.39 is 10.0 Å². The highest BCUT2D eigenvalue weighted by Gasteiger charge is 2.39. The molecule has 3 fully saturated rings. The van der Waals surface area contributed by atoms with Crippen LogP contribution >= 0.6 is 0 Å². The maximum absolute atomic E-state index is 13.3. The van der Waals surface area contributed by atoms with Crippen LogP contribution in [0.4, 0.5) is 0 Å². The van der Waals surface area contributed by atoms with E-state index in [9.17, 15) is 13.2 Å². The van der Waals surface area contributed by atoms with Gasteiger partial charge in [0.15, 0.2) is 0 Å². The Morgan fingerprint density at radius 1 is 1.07 bits per heavy atom. The average Bonchev–Trinajstić information content (AvgIpc) is 2.74. The zero-order valence-electron chi connectivity index (χ0n) is 16.5. The number of benzene rings is 1. The molecule has 1 aromatic rings. The van der Waals surface area contributed by atoms with Crippen molar-refractivity contribution in [2.24, 2.45) is 11.8 Å². The van der Waals surface area contributed by atoms with E-state index >= 15 is 0 Å². The summed E-state index contributed by atoms with van der Waals surface area (Å²) in [6, 6.07) is 6.87. The van der Waals surface area contributed by atoms with Crippen molar-refractivity contribution in [3.05, 3.63) is 29.8 Å². The van der Waals surface area contributed by atoms with Gasteiger partial charge in [0.05, 0.1) is 18.1 Å². The predicted molar refractivity (Wildman–Crippen MR) is 107 cm³/mol. The molecule has 3 aliphatic rings. The summed E-state index contributed by atoms with van der Waals surface area (Å²) in [6.07, 6.45) is 5.70. The number of hydrogen-bond donors (Lipinski definition) is 0. The number of carbonyl (C=O) groups is 1. The number of amides is 1. The number of ether oxygens (including phenoxy) is 1. The largest absolute Gasteiger partial charge is 0.379 e. The third-order valence-electron chi connectivity index (χ3n) is 6.69. The first-order valence-corrected chi connectivity index (χ1v) is 11.9. The quantitative estimate of drug-likeness (QED) is 0.774. The lowest BCUT2D eigenvalue weighted by molar-refractivity contribution is 0.0217. The predicted octanol–water partition coefficient (Wildman–Crippen LogP) is 2.75. The molecule has 0 radical (unpaired) electrons. The lowest BCUT2D eigenvalue weighted by atomic mass is 9.72. The maximum Gasteiger partial charge on any atom is 0.254 e. The van der Waals surface area contributed by atoms with Gasteiger partial charge in [0.25, 0.3) is 5.91 Å². The van der Waals surface area contributed by atoms with Crippen LogP contribution in [0, 0.1) is 11.8 Å². The smallest absolute Gasteiger partial charge is 0.254 e. The topological polar surface area (TPSA) is 66.9 Å². The lowest BCUT2D eigenvalue weighted by Gasteiger charge is -2.47. The number of morpholine rings is 1. The van der Waals surface area contributed by atoms with Gasteiger partial charge in [-0.2, -0.15) is 4.31 Å². The summed E-state index contributed by atoms with van der Waals surface area (Å²) in [5.41, 5.74) is 0.480. The van der Waals surface area contributed by atoms with Gasteiger partial charge >= 0.3 is 0 Å². The maximum atomic E-state index is 13.3. The Morgan fingerprint density at radius 2 is 1.82 bits per heavy atom. The van der Waals surface area contributed by atoms with Crippen LogP contribution in [0.25, 0.3) is 0 Å². The summed E-state index contributed by atoms with van der Waals surface area (Å²) >= 11 is 0. The minimum absolute atomic E-state index is 0.0252. The van der Waals surface area contributed by atoms with Crippen molar-refractivity contribution < 1.29 is 17.9 Å². The molecule has 2 saturated heterocycles. The number of piperidine rings is 1. The molecule has 6 nitrogen and oxygen atoms in total. The minimum atomic E-state index is -3.60. The van der Waals surface area contributed by atoms with Crippen LogP contribution in [0.2, 0.25) is 0 Å². The molecule has 1 amide bonds. The Hall–Kier alpha value is -1.44. The van der Waals surface area contributed by atoms with Gasteiger partial charge in [-0.25, -0.2) is 8.42 Å². The van der Waals surface area contributed by atoms with Crippen LogP contribution in [-0.2, 0) is 14.8 Å². The third kappa shape index (κ3) is 3.72. The summed E-state index contributed by atoms with van der Waals surface area (Å²) in [5, 5.41) is 0. The molecule has 1 saturated carbocycles. The molecule has 3 atom stereocenters. The Balaban J connectivity index is 1.58. The Bertz CT molecular complexity index is 819. The molecule has 7 heteroatoms. The second kappa shape index (κ2) is 8.13. The van der Waals surface area contributed by atoms with Crippen molar-refractivity contribution in [1.29, 1.82) is 0 Å². The number of nitrogens with zero attached hydrogens (tertiary/aromatic N) is 2. The summed E-state index contributed by atoms with van der Waals surface area (Å²) in [4.78, 5) is 15.5. The van der Waals surface area contributed by atoms with Gasteiger partial charge in [-0.1, -0.05) is 25.8 Å². The lowest BCUT2D eigenvalue weighted by Crippen LogP contribution is -2.52. The summed E-state index contributed by atoms with van der Waals surface area (Å²) < 4.78 is 32.6. The zero-order chi connectivity index (χ0) is 19.7. The number of carbonyl (C=O) groups excluding carboxylic acids is 1. The van der Waals surface area contributed by atoms with Crippen LogP contribution in [-0.4, -0.2) is 62.4 Å². The highest BCUT2D eigenvalue weighted by Crippen LogP contribution is 2.39.